The summed E-state index contributed by atoms with van der Waals surface area (Å²) in [5.74, 6) is 0.906. The predicted molar refractivity (Wildman–Crippen MR) is 120 cm³/mol. The number of hydrogen-bond acceptors (Lipinski definition) is 9. The second kappa shape index (κ2) is 8.56. The van der Waals surface area contributed by atoms with Gasteiger partial charge < -0.3 is 20.3 Å². The molecule has 0 unspecified atom stereocenters. The molecule has 1 atom stereocenters. The van der Waals surface area contributed by atoms with Crippen molar-refractivity contribution in [2.24, 2.45) is 7.05 Å². The van der Waals surface area contributed by atoms with Crippen LogP contribution in [0.5, 0.6) is 0 Å². The van der Waals surface area contributed by atoms with Crippen LogP contribution in [0.15, 0.2) is 34.9 Å². The predicted octanol–water partition coefficient (Wildman–Crippen LogP) is 2.53. The summed E-state index contributed by atoms with van der Waals surface area (Å²) >= 11 is 0.0713. The molecule has 4 aromatic heterocycles. The number of methoxy groups -OCH3 is 1. The molecule has 11 heteroatoms. The molecule has 0 bridgehead atoms. The van der Waals surface area contributed by atoms with Gasteiger partial charge in [-0.15, -0.1) is 0 Å². The lowest BCUT2D eigenvalue weighted by atomic mass is 10.1. The highest BCUT2D eigenvalue weighted by Gasteiger charge is 2.25. The van der Waals surface area contributed by atoms with Crippen LogP contribution in [0.3, 0.4) is 0 Å². The third-order valence-electron chi connectivity index (χ3n) is 4.61. The molecule has 4 rings (SSSR count). The number of nitrogens with one attached hydrogen (secondary N) is 1. The molecule has 0 aliphatic heterocycles. The summed E-state index contributed by atoms with van der Waals surface area (Å²) in [6.45, 7) is 0.392. The van der Waals surface area contributed by atoms with Crippen LogP contribution in [0.4, 0.5) is 11.6 Å². The van der Waals surface area contributed by atoms with E-state index in [9.17, 15) is 4.55 Å². The van der Waals surface area contributed by atoms with Gasteiger partial charge in [0.05, 0.1) is 18.0 Å². The van der Waals surface area contributed by atoms with Crippen molar-refractivity contribution >= 4 is 44.4 Å². The molecule has 156 valence electrons. The quantitative estimate of drug-likeness (QED) is 0.417. The first kappa shape index (κ1) is 20.5. The number of hydrogen-bond donors (Lipinski definition) is 2. The number of rotatable bonds is 7. The maximum absolute atomic E-state index is 12.8. The zero-order chi connectivity index (χ0) is 21.3. The van der Waals surface area contributed by atoms with Gasteiger partial charge in [-0.05, 0) is 12.1 Å². The number of ether oxygens (including phenoxy) is 1. The summed E-state index contributed by atoms with van der Waals surface area (Å²) in [7, 11) is 5.22. The molecular weight excluding hydrogens is 422 g/mol. The largest absolute Gasteiger partial charge is 0.611 e. The highest BCUT2D eigenvalue weighted by atomic mass is 32.2. The number of thiophene rings is 1. The first-order valence-electron chi connectivity index (χ1n) is 9.12. The van der Waals surface area contributed by atoms with Gasteiger partial charge in [0, 0.05) is 67.5 Å². The molecule has 0 aliphatic rings. The SMILES string of the molecule is CNc1ncc(-c2cc(-c3ccnn3C)c3c(N)c([S@+]([O-])CCOC)sc3n2)cn1. The van der Waals surface area contributed by atoms with E-state index in [1.54, 1.807) is 37.4 Å². The van der Waals surface area contributed by atoms with Crippen LogP contribution >= 0.6 is 11.3 Å². The summed E-state index contributed by atoms with van der Waals surface area (Å²) in [5, 5.41) is 7.97. The highest BCUT2D eigenvalue weighted by Crippen LogP contribution is 2.43. The number of fused-ring (bicyclic) bond motifs is 1. The average Bonchev–Trinajstić information content (AvgIpc) is 3.34. The van der Waals surface area contributed by atoms with E-state index in [1.165, 1.54) is 11.3 Å². The fourth-order valence-corrected chi connectivity index (χ4v) is 5.66. The van der Waals surface area contributed by atoms with E-state index >= 15 is 0 Å². The van der Waals surface area contributed by atoms with Crippen LogP contribution < -0.4 is 11.1 Å². The minimum atomic E-state index is -1.27. The third kappa shape index (κ3) is 3.72. The van der Waals surface area contributed by atoms with Gasteiger partial charge in [0.1, 0.15) is 16.3 Å². The van der Waals surface area contributed by atoms with E-state index in [1.807, 2.05) is 19.2 Å². The Morgan fingerprint density at radius 3 is 2.73 bits per heavy atom. The molecule has 0 amide bonds. The molecule has 0 saturated carbocycles. The summed E-state index contributed by atoms with van der Waals surface area (Å²) in [6, 6.07) is 3.86. The van der Waals surface area contributed by atoms with Gasteiger partial charge in [0.25, 0.3) is 0 Å². The van der Waals surface area contributed by atoms with Gasteiger partial charge in [0.2, 0.25) is 10.2 Å². The first-order chi connectivity index (χ1) is 14.5. The van der Waals surface area contributed by atoms with Crippen molar-refractivity contribution in [3.63, 3.8) is 0 Å². The van der Waals surface area contributed by atoms with Crippen LogP contribution in [0.2, 0.25) is 0 Å². The molecule has 0 aromatic carbocycles. The second-order valence-corrected chi connectivity index (χ2v) is 9.23. The number of aromatic nitrogens is 5. The number of anilines is 2. The molecule has 30 heavy (non-hydrogen) atoms. The average molecular weight is 444 g/mol. The maximum Gasteiger partial charge on any atom is 0.232 e. The lowest BCUT2D eigenvalue weighted by Gasteiger charge is -2.09. The molecule has 0 saturated heterocycles. The van der Waals surface area contributed by atoms with Crippen molar-refractivity contribution < 1.29 is 9.29 Å². The molecule has 4 aromatic rings. The Bertz CT molecular complexity index is 1170. The summed E-state index contributed by atoms with van der Waals surface area (Å²) in [6.07, 6.45) is 5.16. The van der Waals surface area contributed by atoms with Gasteiger partial charge >= 0.3 is 0 Å². The van der Waals surface area contributed by atoms with Crippen molar-refractivity contribution in [1.82, 2.24) is 24.7 Å². The minimum absolute atomic E-state index is 0.376. The fourth-order valence-electron chi connectivity index (χ4n) is 3.10. The van der Waals surface area contributed by atoms with Gasteiger partial charge in [0.15, 0.2) is 0 Å². The first-order valence-corrected chi connectivity index (χ1v) is 11.3. The van der Waals surface area contributed by atoms with Crippen LogP contribution in [0.1, 0.15) is 0 Å². The Balaban J connectivity index is 1.92. The Kier molecular flexibility index (Phi) is 5.86. The molecule has 0 spiro atoms. The Morgan fingerprint density at radius 1 is 1.33 bits per heavy atom. The molecule has 4 heterocycles. The number of aryl methyl sites for hydroxylation is 1. The van der Waals surface area contributed by atoms with Gasteiger partial charge in [-0.3, -0.25) is 4.68 Å². The van der Waals surface area contributed by atoms with E-state index in [0.717, 1.165) is 22.2 Å². The monoisotopic (exact) mass is 443 g/mol. The zero-order valence-electron chi connectivity index (χ0n) is 16.7. The maximum atomic E-state index is 12.8. The number of nitrogens with two attached hydrogens (primary N) is 1. The summed E-state index contributed by atoms with van der Waals surface area (Å²) < 4.78 is 20.2. The molecule has 0 aliphatic carbocycles. The van der Waals surface area contributed by atoms with E-state index in [-0.39, 0.29) is 0 Å². The molecule has 0 fully saturated rings. The lowest BCUT2D eigenvalue weighted by molar-refractivity contribution is 0.217. The van der Waals surface area contributed by atoms with Crippen LogP contribution in [-0.4, -0.2) is 55.8 Å². The normalized spacial score (nSPS) is 12.4. The molecule has 3 N–H and O–H groups in total. The van der Waals surface area contributed by atoms with Crippen LogP contribution in [-0.2, 0) is 23.0 Å². The highest BCUT2D eigenvalue weighted by molar-refractivity contribution is 7.93. The van der Waals surface area contributed by atoms with Crippen LogP contribution in [0.25, 0.3) is 32.7 Å². The Morgan fingerprint density at radius 2 is 2.10 bits per heavy atom. The number of pyridine rings is 1. The summed E-state index contributed by atoms with van der Waals surface area (Å²) in [4.78, 5) is 14.1. The second-order valence-electron chi connectivity index (χ2n) is 6.47. The standard InChI is InChI=1S/C19H21N7O2S2/c1-21-19-22-9-11(10-23-19)13-8-12(14-4-5-24-26(14)2)15-16(20)18(29-17(15)25-13)30(27)7-6-28-3/h4-5,8-10H,6-7,20H2,1-3H3,(H,21,22,23)/t30-/m1/s1. The van der Waals surface area contributed by atoms with Crippen molar-refractivity contribution in [3.05, 3.63) is 30.7 Å². The van der Waals surface area contributed by atoms with E-state index in [2.05, 4.69) is 20.4 Å². The summed E-state index contributed by atoms with van der Waals surface area (Å²) in [5.41, 5.74) is 10.2. The Labute approximate surface area is 180 Å². The van der Waals surface area contributed by atoms with Crippen LogP contribution in [0, 0.1) is 0 Å². The third-order valence-corrected chi connectivity index (χ3v) is 7.49. The van der Waals surface area contributed by atoms with Crippen molar-refractivity contribution in [2.75, 3.05) is 37.6 Å². The molecule has 0 radical (unpaired) electrons. The number of nitrogens with zero attached hydrogens (tertiary/aromatic N) is 5. The van der Waals surface area contributed by atoms with Gasteiger partial charge in [-0.2, -0.15) is 5.10 Å². The number of nitrogen functional groups attached to an aromatic ring is 1. The molecule has 9 nitrogen and oxygen atoms in total. The van der Waals surface area contributed by atoms with E-state index < -0.39 is 11.2 Å². The van der Waals surface area contributed by atoms with Crippen molar-refractivity contribution in [1.29, 1.82) is 0 Å². The van der Waals surface area contributed by atoms with Crippen molar-refractivity contribution in [2.45, 2.75) is 4.21 Å². The topological polar surface area (TPSA) is 127 Å². The minimum Gasteiger partial charge on any atom is -0.611 e. The zero-order valence-corrected chi connectivity index (χ0v) is 18.4. The van der Waals surface area contributed by atoms with Gasteiger partial charge in [-0.25, -0.2) is 15.0 Å². The Hall–Kier alpha value is -2.73. The van der Waals surface area contributed by atoms with Gasteiger partial charge in [-0.1, -0.05) is 11.3 Å². The fraction of sp³-hybridized carbons (Fsp3) is 0.263. The van der Waals surface area contributed by atoms with Crippen molar-refractivity contribution in [3.8, 4) is 22.5 Å². The lowest BCUT2D eigenvalue weighted by Crippen LogP contribution is -2.11. The van der Waals surface area contributed by atoms with E-state index in [4.69, 9.17) is 15.5 Å². The van der Waals surface area contributed by atoms with E-state index in [0.29, 0.717) is 38.7 Å². The smallest absolute Gasteiger partial charge is 0.232 e. The molecular formula is C19H21N7O2S2.